The molecule has 0 radical (unpaired) electrons. The van der Waals surface area contributed by atoms with Crippen molar-refractivity contribution in [2.45, 2.75) is 18.9 Å². The lowest BCUT2D eigenvalue weighted by molar-refractivity contribution is 0.0941. The van der Waals surface area contributed by atoms with E-state index in [4.69, 9.17) is 9.47 Å². The minimum absolute atomic E-state index is 0.0477. The lowest BCUT2D eigenvalue weighted by Gasteiger charge is -2.23. The topological polar surface area (TPSA) is 59.6 Å². The summed E-state index contributed by atoms with van der Waals surface area (Å²) < 4.78 is 10.5. The Morgan fingerprint density at radius 2 is 2.28 bits per heavy atom. The second-order valence-corrected chi connectivity index (χ2v) is 4.20. The number of benzene rings is 1. The van der Waals surface area contributed by atoms with Crippen LogP contribution in [0.2, 0.25) is 0 Å². The number of nitrogens with one attached hydrogen (secondary N) is 2. The van der Waals surface area contributed by atoms with Gasteiger partial charge in [-0.25, -0.2) is 4.79 Å². The number of piperidine rings is 1. The Labute approximate surface area is 106 Å². The van der Waals surface area contributed by atoms with Gasteiger partial charge >= 0.3 is 6.09 Å². The molecular weight excluding hydrogens is 232 g/mol. The van der Waals surface area contributed by atoms with Gasteiger partial charge in [0.2, 0.25) is 0 Å². The van der Waals surface area contributed by atoms with Gasteiger partial charge in [0.05, 0.1) is 12.8 Å². The van der Waals surface area contributed by atoms with Crippen molar-refractivity contribution >= 4 is 11.8 Å². The molecule has 1 aromatic rings. The first-order valence-electron chi connectivity index (χ1n) is 6.11. The minimum atomic E-state index is -0.437. The summed E-state index contributed by atoms with van der Waals surface area (Å²) in [5, 5.41) is 5.89. The van der Waals surface area contributed by atoms with Gasteiger partial charge in [0.15, 0.2) is 0 Å². The van der Waals surface area contributed by atoms with E-state index in [0.29, 0.717) is 11.4 Å². The zero-order valence-corrected chi connectivity index (χ0v) is 10.4. The highest BCUT2D eigenvalue weighted by Gasteiger charge is 2.17. The van der Waals surface area contributed by atoms with Crippen LogP contribution in [0.1, 0.15) is 12.8 Å². The number of amides is 1. The molecule has 1 atom stereocenters. The van der Waals surface area contributed by atoms with Gasteiger partial charge in [-0.3, -0.25) is 5.32 Å². The normalized spacial score (nSPS) is 19.1. The molecular formula is C13H18N2O3. The summed E-state index contributed by atoms with van der Waals surface area (Å²) in [6.45, 7) is 1.72. The smallest absolute Gasteiger partial charge is 0.412 e. The number of rotatable bonds is 3. The van der Waals surface area contributed by atoms with Crippen LogP contribution in [0.15, 0.2) is 24.3 Å². The highest BCUT2D eigenvalue weighted by atomic mass is 16.6. The Morgan fingerprint density at radius 1 is 1.44 bits per heavy atom. The van der Waals surface area contributed by atoms with Gasteiger partial charge in [-0.15, -0.1) is 0 Å². The van der Waals surface area contributed by atoms with E-state index in [9.17, 15) is 4.79 Å². The SMILES string of the molecule is COc1ccccc1NC(=O)OC1CCCNC1. The first-order chi connectivity index (χ1) is 8.79. The van der Waals surface area contributed by atoms with Crippen molar-refractivity contribution in [3.8, 4) is 5.75 Å². The number of carbonyl (C=O) groups is 1. The second-order valence-electron chi connectivity index (χ2n) is 4.20. The Kier molecular flexibility index (Phi) is 4.41. The first kappa shape index (κ1) is 12.7. The maximum Gasteiger partial charge on any atom is 0.412 e. The van der Waals surface area contributed by atoms with E-state index >= 15 is 0 Å². The predicted molar refractivity (Wildman–Crippen MR) is 69.0 cm³/mol. The molecule has 18 heavy (non-hydrogen) atoms. The van der Waals surface area contributed by atoms with E-state index < -0.39 is 6.09 Å². The maximum absolute atomic E-state index is 11.7. The minimum Gasteiger partial charge on any atom is -0.495 e. The van der Waals surface area contributed by atoms with Gasteiger partial charge in [-0.1, -0.05) is 12.1 Å². The molecule has 5 heteroatoms. The Hall–Kier alpha value is -1.75. The second kappa shape index (κ2) is 6.26. The molecule has 1 unspecified atom stereocenters. The molecule has 0 aromatic heterocycles. The largest absolute Gasteiger partial charge is 0.495 e. The molecule has 0 bridgehead atoms. The number of hydrogen-bond acceptors (Lipinski definition) is 4. The Balaban J connectivity index is 1.90. The van der Waals surface area contributed by atoms with E-state index in [0.717, 1.165) is 25.9 Å². The van der Waals surface area contributed by atoms with Crippen LogP contribution in [-0.2, 0) is 4.74 Å². The monoisotopic (exact) mass is 250 g/mol. The Bertz CT molecular complexity index is 403. The van der Waals surface area contributed by atoms with Crippen molar-refractivity contribution in [2.24, 2.45) is 0 Å². The highest BCUT2D eigenvalue weighted by molar-refractivity contribution is 5.86. The van der Waals surface area contributed by atoms with Crippen molar-refractivity contribution in [1.29, 1.82) is 0 Å². The zero-order valence-electron chi connectivity index (χ0n) is 10.4. The molecule has 1 aliphatic heterocycles. The summed E-state index contributed by atoms with van der Waals surface area (Å²) in [6.07, 6.45) is 1.46. The van der Waals surface area contributed by atoms with Gasteiger partial charge in [-0.2, -0.15) is 0 Å². The molecule has 0 spiro atoms. The van der Waals surface area contributed by atoms with Crippen molar-refractivity contribution < 1.29 is 14.3 Å². The summed E-state index contributed by atoms with van der Waals surface area (Å²) in [4.78, 5) is 11.7. The van der Waals surface area contributed by atoms with E-state index in [-0.39, 0.29) is 6.10 Å². The van der Waals surface area contributed by atoms with Gasteiger partial charge in [-0.05, 0) is 31.5 Å². The third-order valence-electron chi connectivity index (χ3n) is 2.87. The van der Waals surface area contributed by atoms with Gasteiger partial charge < -0.3 is 14.8 Å². The van der Waals surface area contributed by atoms with Crippen molar-refractivity contribution in [2.75, 3.05) is 25.5 Å². The van der Waals surface area contributed by atoms with Gasteiger partial charge in [0.25, 0.3) is 0 Å². The summed E-state index contributed by atoms with van der Waals surface area (Å²) in [7, 11) is 1.57. The van der Waals surface area contributed by atoms with Crippen LogP contribution in [0, 0.1) is 0 Å². The highest BCUT2D eigenvalue weighted by Crippen LogP contribution is 2.23. The maximum atomic E-state index is 11.7. The summed E-state index contributed by atoms with van der Waals surface area (Å²) in [5.74, 6) is 0.621. The third kappa shape index (κ3) is 3.37. The fourth-order valence-corrected chi connectivity index (χ4v) is 1.96. The molecule has 2 rings (SSSR count). The number of carbonyl (C=O) groups excluding carboxylic acids is 1. The molecule has 1 aliphatic rings. The number of anilines is 1. The molecule has 1 heterocycles. The summed E-state index contributed by atoms with van der Waals surface area (Å²) in [5.41, 5.74) is 0.619. The summed E-state index contributed by atoms with van der Waals surface area (Å²) >= 11 is 0. The van der Waals surface area contributed by atoms with Crippen LogP contribution in [0.3, 0.4) is 0 Å². The molecule has 5 nitrogen and oxygen atoms in total. The average Bonchev–Trinajstić information content (AvgIpc) is 2.40. The number of methoxy groups -OCH3 is 1. The molecule has 98 valence electrons. The predicted octanol–water partition coefficient (Wildman–Crippen LogP) is 2.00. The molecule has 1 saturated heterocycles. The Morgan fingerprint density at radius 3 is 3.00 bits per heavy atom. The standard InChI is InChI=1S/C13H18N2O3/c1-17-12-7-3-2-6-11(12)15-13(16)18-10-5-4-8-14-9-10/h2-3,6-7,10,14H,4-5,8-9H2,1H3,(H,15,16). The molecule has 1 aromatic carbocycles. The van der Waals surface area contributed by atoms with E-state index in [2.05, 4.69) is 10.6 Å². The van der Waals surface area contributed by atoms with Crippen LogP contribution in [0.4, 0.5) is 10.5 Å². The van der Waals surface area contributed by atoms with Crippen molar-refractivity contribution in [1.82, 2.24) is 5.32 Å². The van der Waals surface area contributed by atoms with Crippen LogP contribution < -0.4 is 15.4 Å². The fourth-order valence-electron chi connectivity index (χ4n) is 1.96. The fraction of sp³-hybridized carbons (Fsp3) is 0.462. The molecule has 1 fully saturated rings. The van der Waals surface area contributed by atoms with E-state index in [1.165, 1.54) is 0 Å². The lowest BCUT2D eigenvalue weighted by Crippen LogP contribution is -2.37. The van der Waals surface area contributed by atoms with Crippen LogP contribution in [0.5, 0.6) is 5.75 Å². The van der Waals surface area contributed by atoms with Crippen LogP contribution >= 0.6 is 0 Å². The first-order valence-corrected chi connectivity index (χ1v) is 6.11. The van der Waals surface area contributed by atoms with Crippen molar-refractivity contribution in [3.05, 3.63) is 24.3 Å². The number of ether oxygens (including phenoxy) is 2. The molecule has 0 aliphatic carbocycles. The average molecular weight is 250 g/mol. The molecule has 0 saturated carbocycles. The molecule has 2 N–H and O–H groups in total. The lowest BCUT2D eigenvalue weighted by atomic mass is 10.1. The molecule has 1 amide bonds. The quantitative estimate of drug-likeness (QED) is 0.861. The number of para-hydroxylation sites is 2. The third-order valence-corrected chi connectivity index (χ3v) is 2.87. The summed E-state index contributed by atoms with van der Waals surface area (Å²) in [6, 6.07) is 7.25. The number of hydrogen-bond donors (Lipinski definition) is 2. The van der Waals surface area contributed by atoms with Crippen LogP contribution in [0.25, 0.3) is 0 Å². The zero-order chi connectivity index (χ0) is 12.8. The van der Waals surface area contributed by atoms with E-state index in [1.54, 1.807) is 19.2 Å². The van der Waals surface area contributed by atoms with Gasteiger partial charge in [0, 0.05) is 6.54 Å². The van der Waals surface area contributed by atoms with Crippen molar-refractivity contribution in [3.63, 3.8) is 0 Å². The van der Waals surface area contributed by atoms with Gasteiger partial charge in [0.1, 0.15) is 11.9 Å². The van der Waals surface area contributed by atoms with E-state index in [1.807, 2.05) is 12.1 Å². The van der Waals surface area contributed by atoms with Crippen LogP contribution in [-0.4, -0.2) is 32.4 Å².